The standard InChI is InChI=1S/C16H26O8S/c1-4-16(2,3)14(17)21-7-8-22-15(18)23-12-10-5-6-11(9-10)13(12)24-25(19)20/h10-13H,4-9H2,1-3H3,(H,19,20)/p-1. The van der Waals surface area contributed by atoms with E-state index in [4.69, 9.17) is 18.4 Å². The van der Waals surface area contributed by atoms with Gasteiger partial charge in [0, 0.05) is 0 Å². The number of carbonyl (C=O) groups excluding carboxylic acids is 2. The quantitative estimate of drug-likeness (QED) is 0.359. The molecule has 2 aliphatic carbocycles. The van der Waals surface area contributed by atoms with Gasteiger partial charge in [0.25, 0.3) is 0 Å². The van der Waals surface area contributed by atoms with Gasteiger partial charge in [0.05, 0.1) is 16.8 Å². The van der Waals surface area contributed by atoms with E-state index < -0.39 is 35.1 Å². The first-order valence-electron chi connectivity index (χ1n) is 8.51. The first kappa shape index (κ1) is 20.1. The molecule has 2 rings (SSSR count). The van der Waals surface area contributed by atoms with Crippen molar-refractivity contribution in [2.75, 3.05) is 13.2 Å². The van der Waals surface area contributed by atoms with E-state index in [1.54, 1.807) is 13.8 Å². The van der Waals surface area contributed by atoms with Crippen LogP contribution in [0.1, 0.15) is 46.5 Å². The lowest BCUT2D eigenvalue weighted by atomic mass is 9.91. The van der Waals surface area contributed by atoms with Crippen molar-refractivity contribution in [2.24, 2.45) is 17.3 Å². The topological polar surface area (TPSA) is 111 Å². The molecule has 0 aromatic carbocycles. The normalized spacial score (nSPS) is 29.3. The van der Waals surface area contributed by atoms with Crippen molar-refractivity contribution < 1.29 is 36.7 Å². The van der Waals surface area contributed by atoms with Gasteiger partial charge >= 0.3 is 12.1 Å². The lowest BCUT2D eigenvalue weighted by Gasteiger charge is -2.30. The maximum absolute atomic E-state index is 11.8. The molecule has 2 fully saturated rings. The molecule has 0 N–H and O–H groups in total. The zero-order chi connectivity index (χ0) is 18.6. The zero-order valence-corrected chi connectivity index (χ0v) is 15.5. The van der Waals surface area contributed by atoms with Crippen LogP contribution >= 0.6 is 0 Å². The third-order valence-corrected chi connectivity index (χ3v) is 5.54. The van der Waals surface area contributed by atoms with Crippen LogP contribution in [0.25, 0.3) is 0 Å². The van der Waals surface area contributed by atoms with E-state index in [1.807, 2.05) is 6.92 Å². The van der Waals surface area contributed by atoms with Gasteiger partial charge in [-0.15, -0.1) is 0 Å². The molecule has 144 valence electrons. The van der Waals surface area contributed by atoms with Crippen LogP contribution in [0, 0.1) is 17.3 Å². The number of rotatable bonds is 8. The molecule has 2 aliphatic rings. The van der Waals surface area contributed by atoms with Crippen LogP contribution in [0.3, 0.4) is 0 Å². The van der Waals surface area contributed by atoms with Crippen molar-refractivity contribution in [3.05, 3.63) is 0 Å². The lowest BCUT2D eigenvalue weighted by molar-refractivity contribution is -0.155. The minimum atomic E-state index is -2.65. The first-order chi connectivity index (χ1) is 11.7. The van der Waals surface area contributed by atoms with Crippen LogP contribution in [-0.2, 0) is 34.5 Å². The third kappa shape index (κ3) is 5.15. The first-order valence-corrected chi connectivity index (χ1v) is 9.51. The fraction of sp³-hybridized carbons (Fsp3) is 0.875. The van der Waals surface area contributed by atoms with Gasteiger partial charge in [0.15, 0.2) is 0 Å². The average molecular weight is 377 g/mol. The van der Waals surface area contributed by atoms with E-state index in [2.05, 4.69) is 0 Å². The summed E-state index contributed by atoms with van der Waals surface area (Å²) >= 11 is -2.65. The highest BCUT2D eigenvalue weighted by Crippen LogP contribution is 2.47. The second-order valence-electron chi connectivity index (χ2n) is 7.15. The van der Waals surface area contributed by atoms with Crippen LogP contribution in [0.5, 0.6) is 0 Å². The van der Waals surface area contributed by atoms with Crippen molar-refractivity contribution >= 4 is 23.5 Å². The summed E-state index contributed by atoms with van der Waals surface area (Å²) in [6, 6.07) is 0. The van der Waals surface area contributed by atoms with E-state index in [0.29, 0.717) is 6.42 Å². The average Bonchev–Trinajstić information content (AvgIpc) is 3.13. The van der Waals surface area contributed by atoms with Gasteiger partial charge in [-0.1, -0.05) is 6.92 Å². The second-order valence-corrected chi connectivity index (χ2v) is 7.75. The molecular formula is C16H25O8S-. The molecule has 2 saturated carbocycles. The monoisotopic (exact) mass is 377 g/mol. The SMILES string of the molecule is CCC(C)(C)C(=O)OCCOC(=O)OC1C2CCC(C2)C1OS(=O)[O-]. The smallest absolute Gasteiger partial charge is 0.508 e. The molecule has 5 unspecified atom stereocenters. The zero-order valence-electron chi connectivity index (χ0n) is 14.7. The van der Waals surface area contributed by atoms with E-state index in [0.717, 1.165) is 19.3 Å². The van der Waals surface area contributed by atoms with E-state index in [-0.39, 0.29) is 31.0 Å². The minimum absolute atomic E-state index is 0.0570. The Morgan fingerprint density at radius 1 is 1.12 bits per heavy atom. The summed E-state index contributed by atoms with van der Waals surface area (Å²) in [7, 11) is 0. The summed E-state index contributed by atoms with van der Waals surface area (Å²) in [6.45, 7) is 5.26. The lowest BCUT2D eigenvalue weighted by Crippen LogP contribution is -2.39. The Labute approximate surface area is 150 Å². The molecule has 0 spiro atoms. The molecule has 0 radical (unpaired) electrons. The maximum Gasteiger partial charge on any atom is 0.508 e. The number of ether oxygens (including phenoxy) is 3. The van der Waals surface area contributed by atoms with Crippen LogP contribution in [0.4, 0.5) is 4.79 Å². The predicted octanol–water partition coefficient (Wildman–Crippen LogP) is 2.10. The molecule has 5 atom stereocenters. The van der Waals surface area contributed by atoms with Crippen LogP contribution < -0.4 is 0 Å². The Morgan fingerprint density at radius 3 is 2.32 bits per heavy atom. The minimum Gasteiger partial charge on any atom is -0.750 e. The molecule has 0 amide bonds. The van der Waals surface area contributed by atoms with Crippen molar-refractivity contribution in [1.82, 2.24) is 0 Å². The highest BCUT2D eigenvalue weighted by atomic mass is 32.2. The van der Waals surface area contributed by atoms with Crippen molar-refractivity contribution in [2.45, 2.75) is 58.7 Å². The molecule has 0 saturated heterocycles. The fourth-order valence-electron chi connectivity index (χ4n) is 3.32. The molecule has 0 aromatic rings. The van der Waals surface area contributed by atoms with Gasteiger partial charge in [-0.05, 0) is 51.4 Å². The summed E-state index contributed by atoms with van der Waals surface area (Å²) in [6.07, 6.45) is 0.986. The maximum atomic E-state index is 11.8. The van der Waals surface area contributed by atoms with E-state index in [1.165, 1.54) is 0 Å². The summed E-state index contributed by atoms with van der Waals surface area (Å²) in [5, 5.41) is 0. The molecule has 2 bridgehead atoms. The second kappa shape index (κ2) is 8.46. The highest BCUT2D eigenvalue weighted by Gasteiger charge is 2.51. The summed E-state index contributed by atoms with van der Waals surface area (Å²) in [5.41, 5.74) is -0.581. The number of carbonyl (C=O) groups is 2. The molecule has 9 heteroatoms. The molecule has 0 aromatic heterocycles. The fourth-order valence-corrected chi connectivity index (χ4v) is 3.77. The van der Waals surface area contributed by atoms with Crippen LogP contribution in [0.2, 0.25) is 0 Å². The molecule has 25 heavy (non-hydrogen) atoms. The van der Waals surface area contributed by atoms with Crippen molar-refractivity contribution in [3.63, 3.8) is 0 Å². The van der Waals surface area contributed by atoms with Crippen LogP contribution in [0.15, 0.2) is 0 Å². The number of hydrogen-bond donors (Lipinski definition) is 0. The summed E-state index contributed by atoms with van der Waals surface area (Å²) in [5.74, 6) is -0.182. The number of esters is 1. The predicted molar refractivity (Wildman–Crippen MR) is 85.9 cm³/mol. The number of fused-ring (bicyclic) bond motifs is 2. The van der Waals surface area contributed by atoms with Gasteiger partial charge in [0.1, 0.15) is 25.4 Å². The van der Waals surface area contributed by atoms with Gasteiger partial charge in [-0.3, -0.25) is 8.98 Å². The Kier molecular flexibility index (Phi) is 6.81. The van der Waals surface area contributed by atoms with Crippen LogP contribution in [-0.4, -0.2) is 46.3 Å². The highest BCUT2D eigenvalue weighted by molar-refractivity contribution is 7.74. The largest absolute Gasteiger partial charge is 0.750 e. The molecule has 0 heterocycles. The Bertz CT molecular complexity index is 520. The van der Waals surface area contributed by atoms with E-state index >= 15 is 0 Å². The molecular weight excluding hydrogens is 352 g/mol. The number of hydrogen-bond acceptors (Lipinski definition) is 8. The Balaban J connectivity index is 1.73. The van der Waals surface area contributed by atoms with Gasteiger partial charge in [-0.25, -0.2) is 9.00 Å². The summed E-state index contributed by atoms with van der Waals surface area (Å²) < 4.78 is 41.7. The molecule has 8 nitrogen and oxygen atoms in total. The Morgan fingerprint density at radius 2 is 1.72 bits per heavy atom. The van der Waals surface area contributed by atoms with Crippen molar-refractivity contribution in [3.8, 4) is 0 Å². The van der Waals surface area contributed by atoms with Gasteiger partial charge in [-0.2, -0.15) is 0 Å². The summed E-state index contributed by atoms with van der Waals surface area (Å²) in [4.78, 5) is 23.6. The molecule has 0 aliphatic heterocycles. The third-order valence-electron chi connectivity index (χ3n) is 5.16. The van der Waals surface area contributed by atoms with Gasteiger partial charge in [0.2, 0.25) is 0 Å². The van der Waals surface area contributed by atoms with Gasteiger partial charge < -0.3 is 18.8 Å². The van der Waals surface area contributed by atoms with E-state index in [9.17, 15) is 18.4 Å². The Hall–Kier alpha value is -1.19. The van der Waals surface area contributed by atoms with Crippen molar-refractivity contribution in [1.29, 1.82) is 0 Å².